The highest BCUT2D eigenvalue weighted by atomic mass is 32.2. The van der Waals surface area contributed by atoms with Gasteiger partial charge in [0, 0.05) is 19.7 Å². The highest BCUT2D eigenvalue weighted by molar-refractivity contribution is 7.89. The Morgan fingerprint density at radius 2 is 2.27 bits per heavy atom. The molecule has 1 saturated heterocycles. The number of likely N-dealkylation sites (N-methyl/N-ethyl adjacent to an activating group) is 1. The van der Waals surface area contributed by atoms with E-state index in [0.29, 0.717) is 6.61 Å². The Morgan fingerprint density at radius 1 is 1.60 bits per heavy atom. The summed E-state index contributed by atoms with van der Waals surface area (Å²) in [6, 6.07) is -0.378. The van der Waals surface area contributed by atoms with E-state index >= 15 is 0 Å². The molecule has 2 atom stereocenters. The standard InChI is InChI=1S/C9H19NO4S/c1-8(6-11)10(2)15(12,13)7-9-4-3-5-14-9/h8-9,11H,3-7H2,1-2H3. The largest absolute Gasteiger partial charge is 0.395 e. The Kier molecular flexibility index (Phi) is 4.51. The lowest BCUT2D eigenvalue weighted by Gasteiger charge is -2.23. The lowest BCUT2D eigenvalue weighted by molar-refractivity contribution is 0.125. The average molecular weight is 237 g/mol. The van der Waals surface area contributed by atoms with Gasteiger partial charge in [-0.05, 0) is 19.8 Å². The lowest BCUT2D eigenvalue weighted by atomic mass is 10.3. The minimum atomic E-state index is -3.31. The third-order valence-corrected chi connectivity index (χ3v) is 4.77. The van der Waals surface area contributed by atoms with E-state index in [4.69, 9.17) is 9.84 Å². The molecule has 5 nitrogen and oxygen atoms in total. The summed E-state index contributed by atoms with van der Waals surface area (Å²) in [4.78, 5) is 0. The van der Waals surface area contributed by atoms with Gasteiger partial charge in [-0.1, -0.05) is 0 Å². The van der Waals surface area contributed by atoms with Crippen molar-refractivity contribution in [3.63, 3.8) is 0 Å². The van der Waals surface area contributed by atoms with Crippen LogP contribution in [0, 0.1) is 0 Å². The van der Waals surface area contributed by atoms with E-state index in [-0.39, 0.29) is 24.5 Å². The summed E-state index contributed by atoms with van der Waals surface area (Å²) in [7, 11) is -1.82. The first-order valence-corrected chi connectivity index (χ1v) is 6.76. The molecule has 1 aliphatic heterocycles. The number of aliphatic hydroxyl groups excluding tert-OH is 1. The summed E-state index contributed by atoms with van der Waals surface area (Å²) >= 11 is 0. The number of rotatable bonds is 5. The van der Waals surface area contributed by atoms with Gasteiger partial charge in [0.25, 0.3) is 0 Å². The van der Waals surface area contributed by atoms with Gasteiger partial charge in [-0.15, -0.1) is 0 Å². The van der Waals surface area contributed by atoms with Crippen molar-refractivity contribution >= 4 is 10.0 Å². The van der Waals surface area contributed by atoms with Crippen LogP contribution in [0.2, 0.25) is 0 Å². The molecule has 1 heterocycles. The molecule has 6 heteroatoms. The molecule has 0 spiro atoms. The number of hydrogen-bond acceptors (Lipinski definition) is 4. The van der Waals surface area contributed by atoms with Crippen LogP contribution < -0.4 is 0 Å². The summed E-state index contributed by atoms with van der Waals surface area (Å²) in [5.41, 5.74) is 0. The smallest absolute Gasteiger partial charge is 0.216 e. The van der Waals surface area contributed by atoms with E-state index < -0.39 is 10.0 Å². The van der Waals surface area contributed by atoms with E-state index in [1.165, 1.54) is 11.4 Å². The van der Waals surface area contributed by atoms with Crippen molar-refractivity contribution in [2.45, 2.75) is 31.9 Å². The van der Waals surface area contributed by atoms with Crippen LogP contribution in [0.5, 0.6) is 0 Å². The van der Waals surface area contributed by atoms with Crippen LogP contribution in [0.15, 0.2) is 0 Å². The molecule has 1 N–H and O–H groups in total. The summed E-state index contributed by atoms with van der Waals surface area (Å²) < 4.78 is 30.1. The normalized spacial score (nSPS) is 24.7. The highest BCUT2D eigenvalue weighted by Gasteiger charge is 2.28. The molecule has 2 unspecified atom stereocenters. The molecule has 0 aliphatic carbocycles. The fraction of sp³-hybridized carbons (Fsp3) is 1.00. The maximum absolute atomic E-state index is 11.8. The van der Waals surface area contributed by atoms with Crippen LogP contribution in [-0.4, -0.2) is 56.0 Å². The Balaban J connectivity index is 2.57. The average Bonchev–Trinajstić information content (AvgIpc) is 2.67. The topological polar surface area (TPSA) is 66.8 Å². The van der Waals surface area contributed by atoms with Crippen molar-refractivity contribution in [2.75, 3.05) is 26.0 Å². The van der Waals surface area contributed by atoms with Gasteiger partial charge in [-0.2, -0.15) is 4.31 Å². The Morgan fingerprint density at radius 3 is 2.73 bits per heavy atom. The number of nitrogens with zero attached hydrogens (tertiary/aromatic N) is 1. The molecule has 0 aromatic rings. The van der Waals surface area contributed by atoms with Crippen molar-refractivity contribution in [3.05, 3.63) is 0 Å². The third-order valence-electron chi connectivity index (χ3n) is 2.74. The molecule has 1 aliphatic rings. The molecule has 0 aromatic carbocycles. The van der Waals surface area contributed by atoms with Crippen molar-refractivity contribution in [1.82, 2.24) is 4.31 Å². The molecule has 0 saturated carbocycles. The van der Waals surface area contributed by atoms with Gasteiger partial charge < -0.3 is 9.84 Å². The van der Waals surface area contributed by atoms with E-state index in [0.717, 1.165) is 12.8 Å². The fourth-order valence-corrected chi connectivity index (χ4v) is 3.10. The molecule has 0 radical (unpaired) electrons. The Hall–Kier alpha value is -0.170. The first-order valence-electron chi connectivity index (χ1n) is 5.15. The Bertz CT molecular complexity index is 284. The highest BCUT2D eigenvalue weighted by Crippen LogP contribution is 2.16. The van der Waals surface area contributed by atoms with Crippen molar-refractivity contribution in [2.24, 2.45) is 0 Å². The predicted molar refractivity (Wildman–Crippen MR) is 57.1 cm³/mol. The second-order valence-corrected chi connectivity index (χ2v) is 6.03. The number of hydrogen-bond donors (Lipinski definition) is 1. The molecule has 1 rings (SSSR count). The summed E-state index contributed by atoms with van der Waals surface area (Å²) in [6.07, 6.45) is 1.56. The van der Waals surface area contributed by atoms with Crippen LogP contribution in [0.3, 0.4) is 0 Å². The first-order chi connectivity index (χ1) is 6.97. The summed E-state index contributed by atoms with van der Waals surface area (Å²) in [6.45, 7) is 2.16. The minimum absolute atomic E-state index is 0.0217. The Labute approximate surface area is 91.1 Å². The van der Waals surface area contributed by atoms with Gasteiger partial charge in [0.15, 0.2) is 0 Å². The molecular formula is C9H19NO4S. The monoisotopic (exact) mass is 237 g/mol. The van der Waals surface area contributed by atoms with Crippen molar-refractivity contribution < 1.29 is 18.3 Å². The molecule has 1 fully saturated rings. The molecular weight excluding hydrogens is 218 g/mol. The van der Waals surface area contributed by atoms with Gasteiger partial charge in [-0.25, -0.2) is 8.42 Å². The first kappa shape index (κ1) is 12.9. The van der Waals surface area contributed by atoms with E-state index in [1.807, 2.05) is 0 Å². The number of aliphatic hydroxyl groups is 1. The van der Waals surface area contributed by atoms with Crippen LogP contribution in [-0.2, 0) is 14.8 Å². The van der Waals surface area contributed by atoms with Crippen LogP contribution in [0.25, 0.3) is 0 Å². The van der Waals surface area contributed by atoms with Crippen molar-refractivity contribution in [1.29, 1.82) is 0 Å². The molecule has 0 aromatic heterocycles. The zero-order chi connectivity index (χ0) is 11.5. The fourth-order valence-electron chi connectivity index (χ4n) is 1.52. The SMILES string of the molecule is CC(CO)N(C)S(=O)(=O)CC1CCCO1. The molecule has 0 bridgehead atoms. The predicted octanol–water partition coefficient (Wildman–Crippen LogP) is -0.192. The van der Waals surface area contributed by atoms with E-state index in [1.54, 1.807) is 6.92 Å². The van der Waals surface area contributed by atoms with Gasteiger partial charge in [0.05, 0.1) is 18.5 Å². The zero-order valence-corrected chi connectivity index (χ0v) is 10.0. The maximum Gasteiger partial charge on any atom is 0.216 e. The molecule has 90 valence electrons. The maximum atomic E-state index is 11.8. The van der Waals surface area contributed by atoms with Gasteiger partial charge in [-0.3, -0.25) is 0 Å². The molecule has 0 amide bonds. The minimum Gasteiger partial charge on any atom is -0.395 e. The quantitative estimate of drug-likeness (QED) is 0.719. The number of ether oxygens (including phenoxy) is 1. The van der Waals surface area contributed by atoms with Crippen LogP contribution >= 0.6 is 0 Å². The summed E-state index contributed by atoms with van der Waals surface area (Å²) in [5, 5.41) is 8.89. The van der Waals surface area contributed by atoms with E-state index in [9.17, 15) is 8.42 Å². The van der Waals surface area contributed by atoms with E-state index in [2.05, 4.69) is 0 Å². The lowest BCUT2D eigenvalue weighted by Crippen LogP contribution is -2.41. The van der Waals surface area contributed by atoms with Crippen LogP contribution in [0.4, 0.5) is 0 Å². The second kappa shape index (κ2) is 5.25. The van der Waals surface area contributed by atoms with Gasteiger partial charge in [0.2, 0.25) is 10.0 Å². The summed E-state index contributed by atoms with van der Waals surface area (Å²) in [5.74, 6) is 0.0217. The van der Waals surface area contributed by atoms with Crippen LogP contribution in [0.1, 0.15) is 19.8 Å². The van der Waals surface area contributed by atoms with Gasteiger partial charge >= 0.3 is 0 Å². The number of sulfonamides is 1. The zero-order valence-electron chi connectivity index (χ0n) is 9.22. The molecule has 15 heavy (non-hydrogen) atoms. The third kappa shape index (κ3) is 3.41. The van der Waals surface area contributed by atoms with Crippen molar-refractivity contribution in [3.8, 4) is 0 Å². The second-order valence-electron chi connectivity index (χ2n) is 3.96. The van der Waals surface area contributed by atoms with Gasteiger partial charge in [0.1, 0.15) is 0 Å².